The molecule has 1 aliphatic heterocycles. The monoisotopic (exact) mass is 370 g/mol. The lowest BCUT2D eigenvalue weighted by molar-refractivity contribution is 0.174. The van der Waals surface area contributed by atoms with Crippen molar-refractivity contribution in [3.8, 4) is 22.9 Å². The second kappa shape index (κ2) is 5.35. The fourth-order valence-corrected chi connectivity index (χ4v) is 3.01. The summed E-state index contributed by atoms with van der Waals surface area (Å²) in [5.74, 6) is 1.63. The third kappa shape index (κ3) is 2.53. The highest BCUT2D eigenvalue weighted by atomic mass is 79.9. The van der Waals surface area contributed by atoms with Crippen LogP contribution in [0.4, 0.5) is 0 Å². The quantitative estimate of drug-likeness (QED) is 0.874. The average Bonchev–Trinajstić information content (AvgIpc) is 2.90. The highest BCUT2D eigenvalue weighted by Gasteiger charge is 2.20. The van der Waals surface area contributed by atoms with E-state index in [-0.39, 0.29) is 18.3 Å². The largest absolute Gasteiger partial charge is 0.454 e. The Kier molecular flexibility index (Phi) is 3.67. The molecule has 0 fully saturated rings. The first-order valence-corrected chi connectivity index (χ1v) is 7.53. The molecule has 1 N–H and O–H groups in total. The Labute approximate surface area is 134 Å². The molecule has 0 aliphatic carbocycles. The van der Waals surface area contributed by atoms with E-state index in [9.17, 15) is 4.79 Å². The molecule has 0 radical (unpaired) electrons. The molecule has 0 spiro atoms. The summed E-state index contributed by atoms with van der Waals surface area (Å²) in [6.07, 6.45) is 0. The molecule has 21 heavy (non-hydrogen) atoms. The second-order valence-corrected chi connectivity index (χ2v) is 6.16. The standard InChI is InChI=1S/C14H12BrClN2O3/c1-6(2)11-10(15)14(19)18-13(17-11)7-3-8(16)12-9(4-7)20-5-21-12/h3-4,6H,5H2,1-2H3,(H,17,18,19). The summed E-state index contributed by atoms with van der Waals surface area (Å²) in [6.45, 7) is 4.09. The fourth-order valence-electron chi connectivity index (χ4n) is 2.10. The maximum absolute atomic E-state index is 12.0. The van der Waals surface area contributed by atoms with Gasteiger partial charge in [0.25, 0.3) is 5.56 Å². The summed E-state index contributed by atoms with van der Waals surface area (Å²) in [6, 6.07) is 3.45. The van der Waals surface area contributed by atoms with Crippen molar-refractivity contribution in [3.05, 3.63) is 37.7 Å². The van der Waals surface area contributed by atoms with Crippen LogP contribution in [-0.2, 0) is 0 Å². The molecule has 7 heteroatoms. The Hall–Kier alpha value is -1.53. The number of rotatable bonds is 2. The average molecular weight is 372 g/mol. The van der Waals surface area contributed by atoms with Crippen molar-refractivity contribution in [3.63, 3.8) is 0 Å². The predicted molar refractivity (Wildman–Crippen MR) is 83.2 cm³/mol. The molecular formula is C14H12BrClN2O3. The van der Waals surface area contributed by atoms with Crippen molar-refractivity contribution in [2.45, 2.75) is 19.8 Å². The van der Waals surface area contributed by atoms with Gasteiger partial charge in [-0.25, -0.2) is 4.98 Å². The third-order valence-electron chi connectivity index (χ3n) is 3.14. The van der Waals surface area contributed by atoms with Crippen LogP contribution in [0.1, 0.15) is 25.5 Å². The van der Waals surface area contributed by atoms with Gasteiger partial charge in [-0.1, -0.05) is 25.4 Å². The predicted octanol–water partition coefficient (Wildman–Crippen LogP) is 3.70. The molecule has 1 aromatic carbocycles. The van der Waals surface area contributed by atoms with Gasteiger partial charge in [-0.2, -0.15) is 0 Å². The SMILES string of the molecule is CC(C)c1nc(-c2cc(Cl)c3c(c2)OCO3)[nH]c(=O)c1Br. The molecule has 0 saturated carbocycles. The van der Waals surface area contributed by atoms with E-state index < -0.39 is 0 Å². The Balaban J connectivity index is 2.17. The van der Waals surface area contributed by atoms with Crippen LogP contribution in [0.5, 0.6) is 11.5 Å². The van der Waals surface area contributed by atoms with E-state index in [0.29, 0.717) is 38.1 Å². The summed E-state index contributed by atoms with van der Waals surface area (Å²) >= 11 is 9.44. The molecular weight excluding hydrogens is 360 g/mol. The fraction of sp³-hybridized carbons (Fsp3) is 0.286. The Morgan fingerprint density at radius 1 is 1.38 bits per heavy atom. The number of ether oxygens (including phenoxy) is 2. The summed E-state index contributed by atoms with van der Waals surface area (Å²) in [4.78, 5) is 19.3. The lowest BCUT2D eigenvalue weighted by Crippen LogP contribution is -2.14. The van der Waals surface area contributed by atoms with Crippen LogP contribution in [0.2, 0.25) is 5.02 Å². The van der Waals surface area contributed by atoms with Gasteiger partial charge >= 0.3 is 0 Å². The number of hydrogen-bond donors (Lipinski definition) is 1. The normalized spacial score (nSPS) is 13.0. The number of hydrogen-bond acceptors (Lipinski definition) is 4. The van der Waals surface area contributed by atoms with Crippen LogP contribution in [0, 0.1) is 0 Å². The number of aromatic nitrogens is 2. The van der Waals surface area contributed by atoms with E-state index in [1.807, 2.05) is 13.8 Å². The zero-order chi connectivity index (χ0) is 15.1. The maximum atomic E-state index is 12.0. The highest BCUT2D eigenvalue weighted by Crippen LogP contribution is 2.41. The number of fused-ring (bicyclic) bond motifs is 1. The van der Waals surface area contributed by atoms with Gasteiger partial charge < -0.3 is 14.5 Å². The van der Waals surface area contributed by atoms with Crippen molar-refractivity contribution < 1.29 is 9.47 Å². The van der Waals surface area contributed by atoms with Crippen molar-refractivity contribution in [1.82, 2.24) is 9.97 Å². The van der Waals surface area contributed by atoms with Crippen LogP contribution in [-0.4, -0.2) is 16.8 Å². The molecule has 1 aromatic heterocycles. The summed E-state index contributed by atoms with van der Waals surface area (Å²) < 4.78 is 11.1. The molecule has 0 bridgehead atoms. The number of halogens is 2. The van der Waals surface area contributed by atoms with Crippen LogP contribution in [0.15, 0.2) is 21.4 Å². The van der Waals surface area contributed by atoms with E-state index >= 15 is 0 Å². The first kappa shape index (κ1) is 14.4. The molecule has 2 aromatic rings. The minimum absolute atomic E-state index is 0.116. The van der Waals surface area contributed by atoms with Crippen LogP contribution < -0.4 is 15.0 Å². The third-order valence-corrected chi connectivity index (χ3v) is 4.18. The molecule has 2 heterocycles. The van der Waals surface area contributed by atoms with Gasteiger partial charge in [0.15, 0.2) is 11.5 Å². The van der Waals surface area contributed by atoms with E-state index in [0.717, 1.165) is 0 Å². The maximum Gasteiger partial charge on any atom is 0.265 e. The minimum atomic E-state index is -0.225. The molecule has 3 rings (SSSR count). The van der Waals surface area contributed by atoms with Gasteiger partial charge in [-0.15, -0.1) is 0 Å². The summed E-state index contributed by atoms with van der Waals surface area (Å²) in [5, 5.41) is 0.427. The topological polar surface area (TPSA) is 64.2 Å². The summed E-state index contributed by atoms with van der Waals surface area (Å²) in [5.41, 5.74) is 1.15. The molecule has 0 unspecified atom stereocenters. The zero-order valence-corrected chi connectivity index (χ0v) is 13.7. The van der Waals surface area contributed by atoms with Crippen molar-refractivity contribution in [2.75, 3.05) is 6.79 Å². The first-order valence-electron chi connectivity index (χ1n) is 6.36. The second-order valence-electron chi connectivity index (χ2n) is 4.96. The van der Waals surface area contributed by atoms with E-state index in [2.05, 4.69) is 25.9 Å². The number of benzene rings is 1. The zero-order valence-electron chi connectivity index (χ0n) is 11.4. The Bertz CT molecular complexity index is 774. The van der Waals surface area contributed by atoms with Crippen LogP contribution in [0.3, 0.4) is 0 Å². The smallest absolute Gasteiger partial charge is 0.265 e. The van der Waals surface area contributed by atoms with Gasteiger partial charge in [0.1, 0.15) is 10.3 Å². The molecule has 110 valence electrons. The van der Waals surface area contributed by atoms with E-state index in [4.69, 9.17) is 21.1 Å². The van der Waals surface area contributed by atoms with Crippen molar-refractivity contribution in [2.24, 2.45) is 0 Å². The first-order chi connectivity index (χ1) is 9.97. The highest BCUT2D eigenvalue weighted by molar-refractivity contribution is 9.10. The molecule has 5 nitrogen and oxygen atoms in total. The van der Waals surface area contributed by atoms with Crippen LogP contribution >= 0.6 is 27.5 Å². The molecule has 0 amide bonds. The molecule has 1 aliphatic rings. The lowest BCUT2D eigenvalue weighted by atomic mass is 10.1. The Morgan fingerprint density at radius 3 is 2.86 bits per heavy atom. The lowest BCUT2D eigenvalue weighted by Gasteiger charge is -2.10. The van der Waals surface area contributed by atoms with E-state index in [1.54, 1.807) is 12.1 Å². The van der Waals surface area contributed by atoms with Gasteiger partial charge in [0, 0.05) is 5.56 Å². The number of H-pyrrole nitrogens is 1. The number of nitrogens with zero attached hydrogens (tertiary/aromatic N) is 1. The van der Waals surface area contributed by atoms with Gasteiger partial charge in [-0.05, 0) is 34.0 Å². The van der Waals surface area contributed by atoms with Crippen molar-refractivity contribution >= 4 is 27.5 Å². The van der Waals surface area contributed by atoms with Crippen molar-refractivity contribution in [1.29, 1.82) is 0 Å². The number of nitrogens with one attached hydrogen (secondary N) is 1. The van der Waals surface area contributed by atoms with Gasteiger partial charge in [0.05, 0.1) is 10.7 Å². The number of aromatic amines is 1. The summed E-state index contributed by atoms with van der Waals surface area (Å²) in [7, 11) is 0. The van der Waals surface area contributed by atoms with E-state index in [1.165, 1.54) is 0 Å². The van der Waals surface area contributed by atoms with Crippen LogP contribution in [0.25, 0.3) is 11.4 Å². The van der Waals surface area contributed by atoms with Gasteiger partial charge in [-0.3, -0.25) is 4.79 Å². The van der Waals surface area contributed by atoms with Gasteiger partial charge in [0.2, 0.25) is 6.79 Å². The molecule has 0 atom stereocenters. The Morgan fingerprint density at radius 2 is 2.14 bits per heavy atom. The molecule has 0 saturated heterocycles. The minimum Gasteiger partial charge on any atom is -0.454 e.